The van der Waals surface area contributed by atoms with Crippen molar-refractivity contribution in [2.45, 2.75) is 32.2 Å². The summed E-state index contributed by atoms with van der Waals surface area (Å²) in [7, 11) is 3.97. The molecule has 1 aromatic heterocycles. The van der Waals surface area contributed by atoms with Gasteiger partial charge in [-0.2, -0.15) is 0 Å². The number of nitrogens with one attached hydrogen (secondary N) is 1. The number of anilines is 2. The first kappa shape index (κ1) is 19.0. The van der Waals surface area contributed by atoms with Crippen LogP contribution >= 0.6 is 35.3 Å². The van der Waals surface area contributed by atoms with Gasteiger partial charge in [0.25, 0.3) is 0 Å². The smallest absolute Gasteiger partial charge is 0.193 e. The standard InChI is InChI=1S/C17H23N5S.HI/c1-22(2)17-20-13(11-23-17)10-19-16(18)21-15-9-5-7-12-6-3-4-8-14(12)15;/h5,7,9,11H,3-4,6,8,10H2,1-2H3,(H3,18,19,21);1H. The van der Waals surface area contributed by atoms with E-state index in [0.717, 1.165) is 29.4 Å². The SMILES string of the molecule is CN(C)c1nc(CN=C(N)Nc2cccc3c2CCCC3)cs1.I. The Morgan fingerprint density at radius 3 is 2.88 bits per heavy atom. The molecule has 0 saturated carbocycles. The van der Waals surface area contributed by atoms with Crippen LogP contribution in [0, 0.1) is 0 Å². The predicted octanol–water partition coefficient (Wildman–Crippen LogP) is 3.63. The predicted molar refractivity (Wildman–Crippen MR) is 114 cm³/mol. The van der Waals surface area contributed by atoms with Crippen molar-refractivity contribution in [3.8, 4) is 0 Å². The van der Waals surface area contributed by atoms with Gasteiger partial charge in [-0.05, 0) is 42.9 Å². The van der Waals surface area contributed by atoms with Crippen LogP contribution in [0.3, 0.4) is 0 Å². The van der Waals surface area contributed by atoms with Crippen LogP contribution in [0.4, 0.5) is 10.8 Å². The molecule has 7 heteroatoms. The summed E-state index contributed by atoms with van der Waals surface area (Å²) in [5.41, 5.74) is 10.9. The second-order valence-corrected chi connectivity index (χ2v) is 6.83. The molecule has 24 heavy (non-hydrogen) atoms. The maximum absolute atomic E-state index is 6.06. The number of fused-ring (bicyclic) bond motifs is 1. The van der Waals surface area contributed by atoms with E-state index in [1.807, 2.05) is 24.4 Å². The van der Waals surface area contributed by atoms with Crippen molar-refractivity contribution in [1.82, 2.24) is 4.98 Å². The highest BCUT2D eigenvalue weighted by Gasteiger charge is 2.13. The van der Waals surface area contributed by atoms with E-state index >= 15 is 0 Å². The first-order valence-corrected chi connectivity index (χ1v) is 8.81. The lowest BCUT2D eigenvalue weighted by Gasteiger charge is -2.19. The fourth-order valence-electron chi connectivity index (χ4n) is 2.82. The Hall–Kier alpha value is -1.35. The molecule has 0 aliphatic heterocycles. The highest BCUT2D eigenvalue weighted by Crippen LogP contribution is 2.27. The number of aliphatic imine (C=N–C) groups is 1. The average Bonchev–Trinajstić information content (AvgIpc) is 3.03. The molecule has 0 atom stereocenters. The molecule has 0 saturated heterocycles. The van der Waals surface area contributed by atoms with E-state index in [1.54, 1.807) is 11.3 Å². The van der Waals surface area contributed by atoms with Gasteiger partial charge in [-0.1, -0.05) is 12.1 Å². The summed E-state index contributed by atoms with van der Waals surface area (Å²) in [6.07, 6.45) is 4.80. The maximum atomic E-state index is 6.06. The van der Waals surface area contributed by atoms with E-state index in [-0.39, 0.29) is 24.0 Å². The van der Waals surface area contributed by atoms with Crippen LogP contribution in [0.2, 0.25) is 0 Å². The summed E-state index contributed by atoms with van der Waals surface area (Å²) in [5, 5.41) is 6.27. The highest BCUT2D eigenvalue weighted by atomic mass is 127. The minimum Gasteiger partial charge on any atom is -0.370 e. The van der Waals surface area contributed by atoms with E-state index < -0.39 is 0 Å². The first-order valence-electron chi connectivity index (χ1n) is 7.93. The van der Waals surface area contributed by atoms with Crippen LogP contribution in [0.1, 0.15) is 29.7 Å². The third-order valence-electron chi connectivity index (χ3n) is 3.99. The number of hydrogen-bond acceptors (Lipinski definition) is 4. The summed E-state index contributed by atoms with van der Waals surface area (Å²) in [5.74, 6) is 0.448. The van der Waals surface area contributed by atoms with E-state index in [1.165, 1.54) is 24.0 Å². The lowest BCUT2D eigenvalue weighted by molar-refractivity contribution is 0.687. The lowest BCUT2D eigenvalue weighted by Crippen LogP contribution is -2.24. The number of benzene rings is 1. The van der Waals surface area contributed by atoms with Crippen molar-refractivity contribution in [3.05, 3.63) is 40.4 Å². The van der Waals surface area contributed by atoms with Gasteiger partial charge in [0, 0.05) is 25.2 Å². The molecule has 1 aromatic carbocycles. The molecule has 3 N–H and O–H groups in total. The molecule has 5 nitrogen and oxygen atoms in total. The second kappa shape index (κ2) is 8.66. The molecule has 0 amide bonds. The monoisotopic (exact) mass is 457 g/mol. The summed E-state index contributed by atoms with van der Waals surface area (Å²) >= 11 is 1.62. The number of rotatable bonds is 4. The Bertz CT molecular complexity index is 711. The number of hydrogen-bond donors (Lipinski definition) is 2. The zero-order chi connectivity index (χ0) is 16.2. The van der Waals surface area contributed by atoms with Crippen molar-refractivity contribution in [3.63, 3.8) is 0 Å². The van der Waals surface area contributed by atoms with E-state index in [9.17, 15) is 0 Å². The first-order chi connectivity index (χ1) is 11.1. The molecule has 0 unspecified atom stereocenters. The minimum absolute atomic E-state index is 0. The molecule has 130 valence electrons. The van der Waals surface area contributed by atoms with Crippen LogP contribution in [0.25, 0.3) is 0 Å². The van der Waals surface area contributed by atoms with Crippen molar-refractivity contribution in [1.29, 1.82) is 0 Å². The number of nitrogens with zero attached hydrogens (tertiary/aromatic N) is 3. The summed E-state index contributed by atoms with van der Waals surface area (Å²) < 4.78 is 0. The number of aromatic nitrogens is 1. The molecule has 1 heterocycles. The second-order valence-electron chi connectivity index (χ2n) is 5.99. The summed E-state index contributed by atoms with van der Waals surface area (Å²) in [6, 6.07) is 6.38. The third-order valence-corrected chi connectivity index (χ3v) is 5.05. The van der Waals surface area contributed by atoms with Gasteiger partial charge in [-0.25, -0.2) is 9.98 Å². The molecule has 0 bridgehead atoms. The molecule has 1 aliphatic carbocycles. The van der Waals surface area contributed by atoms with Crippen LogP contribution in [0.5, 0.6) is 0 Å². The van der Waals surface area contributed by atoms with Gasteiger partial charge in [0.05, 0.1) is 12.2 Å². The van der Waals surface area contributed by atoms with E-state index in [4.69, 9.17) is 5.73 Å². The Morgan fingerprint density at radius 1 is 1.33 bits per heavy atom. The summed E-state index contributed by atoms with van der Waals surface area (Å²) in [4.78, 5) is 10.9. The fourth-order valence-corrected chi connectivity index (χ4v) is 3.57. The largest absolute Gasteiger partial charge is 0.370 e. The number of nitrogens with two attached hydrogens (primary N) is 1. The topological polar surface area (TPSA) is 66.5 Å². The normalized spacial score (nSPS) is 13.8. The zero-order valence-electron chi connectivity index (χ0n) is 14.1. The number of guanidine groups is 1. The van der Waals surface area contributed by atoms with Crippen molar-refractivity contribution < 1.29 is 0 Å². The number of aryl methyl sites for hydroxylation is 1. The molecule has 1 aliphatic rings. The molecular formula is C17H24IN5S. The van der Waals surface area contributed by atoms with Crippen LogP contribution in [-0.4, -0.2) is 25.0 Å². The van der Waals surface area contributed by atoms with Gasteiger partial charge in [0.1, 0.15) is 0 Å². The third kappa shape index (κ3) is 4.60. The Balaban J connectivity index is 0.00000208. The van der Waals surface area contributed by atoms with E-state index in [2.05, 4.69) is 33.5 Å². The van der Waals surface area contributed by atoms with Crippen LogP contribution in [0.15, 0.2) is 28.6 Å². The van der Waals surface area contributed by atoms with Gasteiger partial charge in [0.15, 0.2) is 11.1 Å². The van der Waals surface area contributed by atoms with Crippen LogP contribution in [-0.2, 0) is 19.4 Å². The number of halogens is 1. The summed E-state index contributed by atoms with van der Waals surface area (Å²) in [6.45, 7) is 0.498. The Labute approximate surface area is 164 Å². The number of thiazole rings is 1. The van der Waals surface area contributed by atoms with Crippen molar-refractivity contribution >= 4 is 52.1 Å². The van der Waals surface area contributed by atoms with E-state index in [0.29, 0.717) is 12.5 Å². The Kier molecular flexibility index (Phi) is 6.85. The van der Waals surface area contributed by atoms with Gasteiger partial charge >= 0.3 is 0 Å². The molecule has 0 spiro atoms. The van der Waals surface area contributed by atoms with Gasteiger partial charge in [0.2, 0.25) is 0 Å². The quantitative estimate of drug-likeness (QED) is 0.418. The van der Waals surface area contributed by atoms with Gasteiger partial charge in [-0.15, -0.1) is 35.3 Å². The van der Waals surface area contributed by atoms with Crippen LogP contribution < -0.4 is 16.0 Å². The zero-order valence-corrected chi connectivity index (χ0v) is 17.2. The lowest BCUT2D eigenvalue weighted by atomic mass is 9.90. The fraction of sp³-hybridized carbons (Fsp3) is 0.412. The molecular weight excluding hydrogens is 433 g/mol. The molecule has 3 rings (SSSR count). The van der Waals surface area contributed by atoms with Gasteiger partial charge in [-0.3, -0.25) is 0 Å². The molecule has 0 radical (unpaired) electrons. The van der Waals surface area contributed by atoms with Crippen molar-refractivity contribution in [2.75, 3.05) is 24.3 Å². The average molecular weight is 457 g/mol. The highest BCUT2D eigenvalue weighted by molar-refractivity contribution is 14.0. The molecule has 0 fully saturated rings. The maximum Gasteiger partial charge on any atom is 0.193 e. The minimum atomic E-state index is 0. The Morgan fingerprint density at radius 2 is 2.12 bits per heavy atom. The van der Waals surface area contributed by atoms with Crippen molar-refractivity contribution in [2.24, 2.45) is 10.7 Å². The molecule has 2 aromatic rings. The van der Waals surface area contributed by atoms with Gasteiger partial charge < -0.3 is 16.0 Å².